The van der Waals surface area contributed by atoms with E-state index in [1.54, 1.807) is 24.2 Å². The van der Waals surface area contributed by atoms with E-state index in [0.717, 1.165) is 11.4 Å². The zero-order chi connectivity index (χ0) is 14.5. The third-order valence-corrected chi connectivity index (χ3v) is 3.57. The van der Waals surface area contributed by atoms with E-state index >= 15 is 0 Å². The molecule has 0 unspecified atom stereocenters. The van der Waals surface area contributed by atoms with Gasteiger partial charge < -0.3 is 9.84 Å². The molecule has 108 valence electrons. The van der Waals surface area contributed by atoms with Gasteiger partial charge in [0.2, 0.25) is 0 Å². The van der Waals surface area contributed by atoms with Crippen LogP contribution in [-0.4, -0.2) is 49.9 Å². The SMILES string of the molecule is COCCn1cc(-n2c(C)cnc2SCC(=O)O)cn1. The number of nitrogens with zero attached hydrogens (tertiary/aromatic N) is 4. The molecule has 2 aromatic heterocycles. The molecule has 0 fully saturated rings. The first-order chi connectivity index (χ1) is 9.61. The number of imidazole rings is 1. The molecule has 0 atom stereocenters. The van der Waals surface area contributed by atoms with Crippen molar-refractivity contribution in [3.63, 3.8) is 0 Å². The van der Waals surface area contributed by atoms with Gasteiger partial charge in [-0.2, -0.15) is 5.10 Å². The Labute approximate surface area is 120 Å². The van der Waals surface area contributed by atoms with E-state index < -0.39 is 5.97 Å². The molecular formula is C12H16N4O3S. The molecule has 0 aliphatic heterocycles. The summed E-state index contributed by atoms with van der Waals surface area (Å²) < 4.78 is 8.68. The Bertz CT molecular complexity index is 593. The summed E-state index contributed by atoms with van der Waals surface area (Å²) in [6.07, 6.45) is 5.34. The quantitative estimate of drug-likeness (QED) is 0.773. The fourth-order valence-electron chi connectivity index (χ4n) is 1.73. The number of carboxylic acids is 1. The van der Waals surface area contributed by atoms with Gasteiger partial charge in [0.25, 0.3) is 0 Å². The number of ether oxygens (including phenoxy) is 1. The minimum Gasteiger partial charge on any atom is -0.481 e. The lowest BCUT2D eigenvalue weighted by Crippen LogP contribution is -2.04. The molecule has 0 amide bonds. The van der Waals surface area contributed by atoms with E-state index in [2.05, 4.69) is 10.1 Å². The molecule has 0 saturated heterocycles. The van der Waals surface area contributed by atoms with E-state index in [9.17, 15) is 4.79 Å². The fourth-order valence-corrected chi connectivity index (χ4v) is 2.49. The van der Waals surface area contributed by atoms with Gasteiger partial charge in [0.15, 0.2) is 5.16 Å². The fraction of sp³-hybridized carbons (Fsp3) is 0.417. The van der Waals surface area contributed by atoms with Crippen LogP contribution in [0.1, 0.15) is 5.69 Å². The number of hydrogen-bond acceptors (Lipinski definition) is 5. The van der Waals surface area contributed by atoms with Crippen LogP contribution >= 0.6 is 11.8 Å². The van der Waals surface area contributed by atoms with Gasteiger partial charge in [-0.3, -0.25) is 14.0 Å². The number of methoxy groups -OCH3 is 1. The number of aliphatic carboxylic acids is 1. The van der Waals surface area contributed by atoms with Gasteiger partial charge in [0.1, 0.15) is 0 Å². The molecule has 0 radical (unpaired) electrons. The van der Waals surface area contributed by atoms with Crippen molar-refractivity contribution in [2.24, 2.45) is 0 Å². The Balaban J connectivity index is 2.20. The van der Waals surface area contributed by atoms with Crippen molar-refractivity contribution < 1.29 is 14.6 Å². The molecule has 0 bridgehead atoms. The third-order valence-electron chi connectivity index (χ3n) is 2.63. The summed E-state index contributed by atoms with van der Waals surface area (Å²) in [6, 6.07) is 0. The molecule has 0 aromatic carbocycles. The van der Waals surface area contributed by atoms with Crippen molar-refractivity contribution >= 4 is 17.7 Å². The molecule has 7 nitrogen and oxygen atoms in total. The van der Waals surface area contributed by atoms with Crippen molar-refractivity contribution in [1.82, 2.24) is 19.3 Å². The van der Waals surface area contributed by atoms with Crippen LogP contribution in [0.4, 0.5) is 0 Å². The van der Waals surface area contributed by atoms with Crippen LogP contribution in [0.5, 0.6) is 0 Å². The predicted octanol–water partition coefficient (Wildman–Crippen LogP) is 1.20. The van der Waals surface area contributed by atoms with Gasteiger partial charge in [-0.1, -0.05) is 11.8 Å². The maximum atomic E-state index is 10.7. The number of carbonyl (C=O) groups is 1. The Morgan fingerprint density at radius 2 is 2.30 bits per heavy atom. The van der Waals surface area contributed by atoms with Crippen molar-refractivity contribution in [2.75, 3.05) is 19.5 Å². The highest BCUT2D eigenvalue weighted by atomic mass is 32.2. The van der Waals surface area contributed by atoms with Crippen LogP contribution in [0, 0.1) is 6.92 Å². The second kappa shape index (κ2) is 6.58. The van der Waals surface area contributed by atoms with Crippen molar-refractivity contribution in [3.8, 4) is 5.69 Å². The second-order valence-corrected chi connectivity index (χ2v) is 5.10. The molecule has 1 N–H and O–H groups in total. The van der Waals surface area contributed by atoms with Gasteiger partial charge in [-0.05, 0) is 6.92 Å². The third kappa shape index (κ3) is 3.40. The average Bonchev–Trinajstić information content (AvgIpc) is 3.00. The standard InChI is InChI=1S/C12H16N4O3S/c1-9-5-13-12(20-8-11(17)18)16(9)10-6-14-15(7-10)3-4-19-2/h5-7H,3-4,8H2,1-2H3,(H,17,18). The predicted molar refractivity (Wildman–Crippen MR) is 74.3 cm³/mol. The summed E-state index contributed by atoms with van der Waals surface area (Å²) in [4.78, 5) is 14.9. The van der Waals surface area contributed by atoms with Crippen LogP contribution < -0.4 is 0 Å². The van der Waals surface area contributed by atoms with E-state index in [1.165, 1.54) is 11.8 Å². The highest BCUT2D eigenvalue weighted by Gasteiger charge is 2.12. The second-order valence-electron chi connectivity index (χ2n) is 4.15. The molecule has 0 aliphatic rings. The normalized spacial score (nSPS) is 10.9. The minimum atomic E-state index is -0.863. The zero-order valence-corrected chi connectivity index (χ0v) is 12.1. The first-order valence-electron chi connectivity index (χ1n) is 6.02. The number of aromatic nitrogens is 4. The van der Waals surface area contributed by atoms with Crippen LogP contribution in [0.2, 0.25) is 0 Å². The number of aryl methyl sites for hydroxylation is 1. The lowest BCUT2D eigenvalue weighted by atomic mass is 10.5. The lowest BCUT2D eigenvalue weighted by Gasteiger charge is -2.06. The maximum Gasteiger partial charge on any atom is 0.313 e. The Hall–Kier alpha value is -1.80. The van der Waals surface area contributed by atoms with Crippen LogP contribution in [0.15, 0.2) is 23.7 Å². The smallest absolute Gasteiger partial charge is 0.313 e. The summed E-state index contributed by atoms with van der Waals surface area (Å²) in [5.41, 5.74) is 1.80. The first-order valence-corrected chi connectivity index (χ1v) is 7.01. The average molecular weight is 296 g/mol. The Morgan fingerprint density at radius 1 is 1.50 bits per heavy atom. The molecule has 20 heavy (non-hydrogen) atoms. The molecule has 0 aliphatic carbocycles. The van der Waals surface area contributed by atoms with E-state index in [1.807, 2.05) is 17.7 Å². The number of hydrogen-bond donors (Lipinski definition) is 1. The molecule has 0 saturated carbocycles. The van der Waals surface area contributed by atoms with Gasteiger partial charge in [0, 0.05) is 25.2 Å². The van der Waals surface area contributed by atoms with Crippen LogP contribution in [-0.2, 0) is 16.1 Å². The summed E-state index contributed by atoms with van der Waals surface area (Å²) in [6.45, 7) is 3.18. The number of thioether (sulfide) groups is 1. The van der Waals surface area contributed by atoms with E-state index in [-0.39, 0.29) is 5.75 Å². The zero-order valence-electron chi connectivity index (χ0n) is 11.3. The van der Waals surface area contributed by atoms with E-state index in [0.29, 0.717) is 18.3 Å². The van der Waals surface area contributed by atoms with Crippen LogP contribution in [0.25, 0.3) is 5.69 Å². The highest BCUT2D eigenvalue weighted by Crippen LogP contribution is 2.22. The maximum absolute atomic E-state index is 10.7. The van der Waals surface area contributed by atoms with Gasteiger partial charge in [0.05, 0.1) is 30.8 Å². The Kier molecular flexibility index (Phi) is 4.80. The Morgan fingerprint density at radius 3 is 3.00 bits per heavy atom. The highest BCUT2D eigenvalue weighted by molar-refractivity contribution is 7.99. The van der Waals surface area contributed by atoms with E-state index in [4.69, 9.17) is 9.84 Å². The molecule has 0 spiro atoms. The summed E-state index contributed by atoms with van der Waals surface area (Å²) in [7, 11) is 1.64. The van der Waals surface area contributed by atoms with Crippen LogP contribution in [0.3, 0.4) is 0 Å². The lowest BCUT2D eigenvalue weighted by molar-refractivity contribution is -0.133. The monoisotopic (exact) mass is 296 g/mol. The molecule has 2 aromatic rings. The molecule has 8 heteroatoms. The molecule has 2 rings (SSSR count). The summed E-state index contributed by atoms with van der Waals surface area (Å²) >= 11 is 1.19. The van der Waals surface area contributed by atoms with Crippen molar-refractivity contribution in [2.45, 2.75) is 18.6 Å². The van der Waals surface area contributed by atoms with Crippen molar-refractivity contribution in [3.05, 3.63) is 24.3 Å². The molecule has 2 heterocycles. The summed E-state index contributed by atoms with van der Waals surface area (Å²) in [5.74, 6) is -0.883. The van der Waals surface area contributed by atoms with Gasteiger partial charge in [-0.25, -0.2) is 4.98 Å². The minimum absolute atomic E-state index is 0.0196. The van der Waals surface area contributed by atoms with Crippen molar-refractivity contribution in [1.29, 1.82) is 0 Å². The molecular weight excluding hydrogens is 280 g/mol. The topological polar surface area (TPSA) is 82.2 Å². The van der Waals surface area contributed by atoms with Gasteiger partial charge >= 0.3 is 5.97 Å². The number of rotatable bonds is 7. The van der Waals surface area contributed by atoms with Gasteiger partial charge in [-0.15, -0.1) is 0 Å². The largest absolute Gasteiger partial charge is 0.481 e. The summed E-state index contributed by atoms with van der Waals surface area (Å²) in [5, 5.41) is 13.7. The first kappa shape index (κ1) is 14.6. The number of carboxylic acid groups (broad SMARTS) is 1.